The van der Waals surface area contributed by atoms with Crippen molar-refractivity contribution < 1.29 is 0 Å². The molecule has 57 valence electrons. The zero-order valence-corrected chi connectivity index (χ0v) is 7.28. The Bertz CT molecular complexity index is 142. The average Bonchev–Trinajstić information content (AvgIpc) is 2.37. The van der Waals surface area contributed by atoms with Gasteiger partial charge in [0.1, 0.15) is 0 Å². The van der Waals surface area contributed by atoms with Gasteiger partial charge < -0.3 is 0 Å². The molecule has 0 heteroatoms. The number of hydrogen-bond donors (Lipinski definition) is 0. The van der Waals surface area contributed by atoms with E-state index in [0.717, 1.165) is 11.8 Å². The molecule has 2 saturated carbocycles. The van der Waals surface area contributed by atoms with Crippen LogP contribution in [0.1, 0.15) is 40.0 Å². The molecule has 0 spiro atoms. The first-order valence-corrected chi connectivity index (χ1v) is 4.47. The van der Waals surface area contributed by atoms with Crippen LogP contribution in [0.25, 0.3) is 0 Å². The van der Waals surface area contributed by atoms with Gasteiger partial charge in [0, 0.05) is 0 Å². The van der Waals surface area contributed by atoms with Crippen LogP contribution in [0, 0.1) is 23.2 Å². The van der Waals surface area contributed by atoms with Crippen LogP contribution >= 0.6 is 0 Å². The predicted octanol–water partition coefficient (Wildman–Crippen LogP) is 3.04. The van der Waals surface area contributed by atoms with Crippen LogP contribution in [0.4, 0.5) is 0 Å². The van der Waals surface area contributed by atoms with Crippen LogP contribution in [0.3, 0.4) is 0 Å². The van der Waals surface area contributed by atoms with E-state index in [1.807, 2.05) is 5.92 Å². The van der Waals surface area contributed by atoms with Gasteiger partial charge in [0.25, 0.3) is 0 Å². The predicted molar refractivity (Wildman–Crippen MR) is 43.5 cm³/mol. The Morgan fingerprint density at radius 1 is 1.40 bits per heavy atom. The van der Waals surface area contributed by atoms with E-state index in [0.29, 0.717) is 5.41 Å². The summed E-state index contributed by atoms with van der Waals surface area (Å²) in [6, 6.07) is 0. The average molecular weight is 137 g/mol. The van der Waals surface area contributed by atoms with E-state index in [-0.39, 0.29) is 0 Å². The van der Waals surface area contributed by atoms with Gasteiger partial charge in [-0.1, -0.05) is 20.8 Å². The molecule has 2 atom stereocenters. The molecule has 0 aliphatic heterocycles. The highest BCUT2D eigenvalue weighted by Crippen LogP contribution is 2.60. The van der Waals surface area contributed by atoms with Crippen LogP contribution in [-0.4, -0.2) is 0 Å². The summed E-state index contributed by atoms with van der Waals surface area (Å²) in [5.41, 5.74) is 0.586. The Morgan fingerprint density at radius 2 is 2.10 bits per heavy atom. The lowest BCUT2D eigenvalue weighted by Crippen LogP contribution is -2.27. The molecule has 2 unspecified atom stereocenters. The summed E-state index contributed by atoms with van der Waals surface area (Å²) in [4.78, 5) is 0. The fraction of sp³-hybridized carbons (Fsp3) is 0.900. The van der Waals surface area contributed by atoms with E-state index in [2.05, 4.69) is 20.8 Å². The lowest BCUT2D eigenvalue weighted by atomic mass is 9.70. The summed E-state index contributed by atoms with van der Waals surface area (Å²) in [5.74, 6) is 3.85. The van der Waals surface area contributed by atoms with Crippen molar-refractivity contribution in [2.24, 2.45) is 17.3 Å². The third-order valence-electron chi connectivity index (χ3n) is 4.08. The maximum absolute atomic E-state index is 2.43. The number of hydrogen-bond acceptors (Lipinski definition) is 0. The molecule has 10 heavy (non-hydrogen) atoms. The summed E-state index contributed by atoms with van der Waals surface area (Å²) in [7, 11) is 0. The minimum absolute atomic E-state index is 0.586. The normalized spacial score (nSPS) is 44.7. The van der Waals surface area contributed by atoms with Crippen LogP contribution in [0.15, 0.2) is 0 Å². The smallest absolute Gasteiger partial charge is 0.0179 e. The van der Waals surface area contributed by atoms with Crippen molar-refractivity contribution in [1.82, 2.24) is 0 Å². The third kappa shape index (κ3) is 0.627. The first-order valence-electron chi connectivity index (χ1n) is 4.47. The topological polar surface area (TPSA) is 0 Å². The molecule has 2 fully saturated rings. The summed E-state index contributed by atoms with van der Waals surface area (Å²) in [6.45, 7) is 7.27. The van der Waals surface area contributed by atoms with E-state index in [9.17, 15) is 0 Å². The van der Waals surface area contributed by atoms with Crippen molar-refractivity contribution in [1.29, 1.82) is 0 Å². The molecule has 1 radical (unpaired) electrons. The molecule has 0 aromatic carbocycles. The van der Waals surface area contributed by atoms with Gasteiger partial charge in [-0.3, -0.25) is 0 Å². The monoisotopic (exact) mass is 137 g/mol. The molecule has 0 N–H and O–H groups in total. The van der Waals surface area contributed by atoms with E-state index in [1.165, 1.54) is 19.3 Å². The highest BCUT2D eigenvalue weighted by molar-refractivity contribution is 5.17. The zero-order valence-electron chi connectivity index (χ0n) is 7.28. The highest BCUT2D eigenvalue weighted by atomic mass is 14.5. The first-order chi connectivity index (χ1) is 4.62. The fourth-order valence-corrected chi connectivity index (χ4v) is 2.80. The lowest BCUT2D eigenvalue weighted by Gasteiger charge is -2.35. The van der Waals surface area contributed by atoms with Crippen LogP contribution in [0.2, 0.25) is 0 Å². The third-order valence-corrected chi connectivity index (χ3v) is 4.08. The standard InChI is InChI=1S/C10H17/c1-7-8-4-5-9(6-8)10(7,2)3/h7-8H,4-6H2,1-3H3. The van der Waals surface area contributed by atoms with Gasteiger partial charge in [-0.25, -0.2) is 0 Å². The van der Waals surface area contributed by atoms with Gasteiger partial charge >= 0.3 is 0 Å². The van der Waals surface area contributed by atoms with Crippen molar-refractivity contribution in [2.75, 3.05) is 0 Å². The SMILES string of the molecule is CC1C2CC[C](C2)C1(C)C. The second kappa shape index (κ2) is 1.78. The largest absolute Gasteiger partial charge is 0.0617 e. The van der Waals surface area contributed by atoms with Crippen molar-refractivity contribution in [3.05, 3.63) is 5.92 Å². The molecular formula is C10H17. The molecule has 2 aliphatic rings. The molecule has 0 heterocycles. The molecule has 0 nitrogen and oxygen atoms in total. The Hall–Kier alpha value is 0. The van der Waals surface area contributed by atoms with Crippen molar-refractivity contribution in [2.45, 2.75) is 40.0 Å². The highest BCUT2D eigenvalue weighted by Gasteiger charge is 2.50. The molecule has 2 bridgehead atoms. The van der Waals surface area contributed by atoms with Crippen molar-refractivity contribution in [3.8, 4) is 0 Å². The van der Waals surface area contributed by atoms with Gasteiger partial charge in [-0.15, -0.1) is 0 Å². The van der Waals surface area contributed by atoms with Gasteiger partial charge in [0.2, 0.25) is 0 Å². The summed E-state index contributed by atoms with van der Waals surface area (Å²) >= 11 is 0. The van der Waals surface area contributed by atoms with Gasteiger partial charge in [-0.05, 0) is 42.4 Å². The molecule has 2 aliphatic carbocycles. The molecule has 0 amide bonds. The molecule has 0 aromatic heterocycles. The van der Waals surface area contributed by atoms with Gasteiger partial charge in [-0.2, -0.15) is 0 Å². The van der Waals surface area contributed by atoms with Gasteiger partial charge in [0.05, 0.1) is 0 Å². The summed E-state index contributed by atoms with van der Waals surface area (Å²) < 4.78 is 0. The number of fused-ring (bicyclic) bond motifs is 2. The first kappa shape index (κ1) is 6.69. The maximum Gasteiger partial charge on any atom is -0.0179 e. The Morgan fingerprint density at radius 3 is 2.40 bits per heavy atom. The van der Waals surface area contributed by atoms with E-state index < -0.39 is 0 Å². The lowest BCUT2D eigenvalue weighted by molar-refractivity contribution is 0.207. The Labute approximate surface area is 64.0 Å². The van der Waals surface area contributed by atoms with Crippen LogP contribution in [-0.2, 0) is 0 Å². The minimum Gasteiger partial charge on any atom is -0.0617 e. The van der Waals surface area contributed by atoms with Crippen molar-refractivity contribution in [3.63, 3.8) is 0 Å². The van der Waals surface area contributed by atoms with Crippen LogP contribution < -0.4 is 0 Å². The Balaban J connectivity index is 2.25. The second-order valence-corrected chi connectivity index (χ2v) is 4.62. The van der Waals surface area contributed by atoms with E-state index >= 15 is 0 Å². The number of rotatable bonds is 0. The molecule has 2 rings (SSSR count). The molecular weight excluding hydrogens is 120 g/mol. The zero-order chi connectivity index (χ0) is 7.35. The Kier molecular flexibility index (Phi) is 1.19. The molecule has 0 saturated heterocycles. The van der Waals surface area contributed by atoms with Crippen molar-refractivity contribution >= 4 is 0 Å². The van der Waals surface area contributed by atoms with Crippen LogP contribution in [0.5, 0.6) is 0 Å². The second-order valence-electron chi connectivity index (χ2n) is 4.62. The minimum atomic E-state index is 0.586. The quantitative estimate of drug-likeness (QED) is 0.481. The van der Waals surface area contributed by atoms with E-state index in [4.69, 9.17) is 0 Å². The summed E-state index contributed by atoms with van der Waals surface area (Å²) in [6.07, 6.45) is 4.37. The fourth-order valence-electron chi connectivity index (χ4n) is 2.80. The van der Waals surface area contributed by atoms with Gasteiger partial charge in [0.15, 0.2) is 0 Å². The van der Waals surface area contributed by atoms with E-state index in [1.54, 1.807) is 0 Å². The molecule has 0 aromatic rings. The maximum atomic E-state index is 2.43. The summed E-state index contributed by atoms with van der Waals surface area (Å²) in [5, 5.41) is 0.